The maximum atomic E-state index is 9.41. The topological polar surface area (TPSA) is 35.8 Å². The molecule has 1 fully saturated rings. The predicted molar refractivity (Wildman–Crippen MR) is 82.1 cm³/mol. The van der Waals surface area contributed by atoms with Crippen molar-refractivity contribution in [1.29, 1.82) is 5.26 Å². The molecule has 2 rings (SSSR count). The minimum absolute atomic E-state index is 0.269. The molecule has 0 spiro atoms. The third-order valence-corrected chi connectivity index (χ3v) is 4.58. The van der Waals surface area contributed by atoms with E-state index < -0.39 is 0 Å². The first-order chi connectivity index (χ1) is 9.20. The van der Waals surface area contributed by atoms with E-state index in [1.54, 1.807) is 0 Å². The summed E-state index contributed by atoms with van der Waals surface area (Å²) in [4.78, 5) is 0. The molecule has 1 aliphatic carbocycles. The monoisotopic (exact) mass is 340 g/mol. The Balaban J connectivity index is 2.09. The first kappa shape index (κ1) is 14.8. The fourth-order valence-corrected chi connectivity index (χ4v) is 3.53. The van der Waals surface area contributed by atoms with Gasteiger partial charge in [-0.05, 0) is 30.5 Å². The number of rotatable bonds is 3. The van der Waals surface area contributed by atoms with Gasteiger partial charge in [-0.1, -0.05) is 59.3 Å². The van der Waals surface area contributed by atoms with E-state index in [1.807, 2.05) is 18.2 Å². The van der Waals surface area contributed by atoms with Crippen molar-refractivity contribution >= 4 is 27.5 Å². The zero-order valence-electron chi connectivity index (χ0n) is 10.8. The van der Waals surface area contributed by atoms with Crippen LogP contribution in [0.25, 0.3) is 0 Å². The van der Waals surface area contributed by atoms with Crippen LogP contribution in [-0.2, 0) is 0 Å². The molecular weight excluding hydrogens is 324 g/mol. The smallest absolute Gasteiger partial charge is 0.122 e. The second kappa shape index (κ2) is 7.28. The van der Waals surface area contributed by atoms with Crippen molar-refractivity contribution in [2.24, 2.45) is 0 Å². The van der Waals surface area contributed by atoms with E-state index >= 15 is 0 Å². The van der Waals surface area contributed by atoms with Gasteiger partial charge in [-0.15, -0.1) is 0 Å². The number of hydrogen-bond donors (Lipinski definition) is 1. The highest BCUT2D eigenvalue weighted by Crippen LogP contribution is 2.28. The molecule has 0 amide bonds. The lowest BCUT2D eigenvalue weighted by Gasteiger charge is -2.21. The lowest BCUT2D eigenvalue weighted by Crippen LogP contribution is -2.32. The summed E-state index contributed by atoms with van der Waals surface area (Å²) in [6.07, 6.45) is 7.50. The molecule has 0 bridgehead atoms. The molecule has 1 aromatic rings. The Morgan fingerprint density at radius 1 is 1.26 bits per heavy atom. The van der Waals surface area contributed by atoms with Crippen LogP contribution < -0.4 is 5.32 Å². The van der Waals surface area contributed by atoms with Crippen LogP contribution in [0.2, 0.25) is 5.02 Å². The summed E-state index contributed by atoms with van der Waals surface area (Å²) in [5, 5.41) is 13.6. The maximum absolute atomic E-state index is 9.41. The molecule has 0 aromatic heterocycles. The molecule has 1 saturated carbocycles. The van der Waals surface area contributed by atoms with E-state index in [2.05, 4.69) is 27.3 Å². The Hall–Kier alpha value is -0.560. The van der Waals surface area contributed by atoms with Crippen LogP contribution in [0.1, 0.15) is 50.1 Å². The normalized spacial score (nSPS) is 18.6. The minimum atomic E-state index is -0.269. The molecule has 0 aliphatic heterocycles. The number of hydrogen-bond acceptors (Lipinski definition) is 2. The van der Waals surface area contributed by atoms with E-state index in [0.717, 1.165) is 10.0 Å². The van der Waals surface area contributed by atoms with Gasteiger partial charge in [0.25, 0.3) is 0 Å². The third kappa shape index (κ3) is 4.21. The Kier molecular flexibility index (Phi) is 5.69. The van der Waals surface area contributed by atoms with Gasteiger partial charge < -0.3 is 0 Å². The summed E-state index contributed by atoms with van der Waals surface area (Å²) in [5.41, 5.74) is 0.969. The van der Waals surface area contributed by atoms with Gasteiger partial charge in [0.05, 0.1) is 6.07 Å². The molecular formula is C15H18BrClN2. The highest BCUT2D eigenvalue weighted by Gasteiger charge is 2.19. The lowest BCUT2D eigenvalue weighted by molar-refractivity contribution is 0.436. The van der Waals surface area contributed by atoms with Crippen LogP contribution in [0, 0.1) is 11.3 Å². The zero-order valence-corrected chi connectivity index (χ0v) is 13.2. The molecule has 0 saturated heterocycles. The molecule has 1 unspecified atom stereocenters. The van der Waals surface area contributed by atoms with Gasteiger partial charge in [-0.25, -0.2) is 0 Å². The van der Waals surface area contributed by atoms with Gasteiger partial charge in [0.2, 0.25) is 0 Å². The van der Waals surface area contributed by atoms with E-state index in [1.165, 1.54) is 38.5 Å². The van der Waals surface area contributed by atoms with Crippen molar-refractivity contribution in [3.05, 3.63) is 33.3 Å². The van der Waals surface area contributed by atoms with Crippen LogP contribution in [-0.4, -0.2) is 6.04 Å². The average molecular weight is 342 g/mol. The molecule has 102 valence electrons. The number of nitrogens with zero attached hydrogens (tertiary/aromatic N) is 1. The number of nitriles is 1. The van der Waals surface area contributed by atoms with Crippen molar-refractivity contribution in [1.82, 2.24) is 5.32 Å². The Bertz CT molecular complexity index is 462. The summed E-state index contributed by atoms with van der Waals surface area (Å²) >= 11 is 9.44. The molecule has 0 radical (unpaired) electrons. The average Bonchev–Trinajstić information content (AvgIpc) is 2.65. The molecule has 1 aromatic carbocycles. The first-order valence-electron chi connectivity index (χ1n) is 6.81. The molecule has 1 aliphatic rings. The summed E-state index contributed by atoms with van der Waals surface area (Å²) in [7, 11) is 0. The van der Waals surface area contributed by atoms with Crippen molar-refractivity contribution in [3.63, 3.8) is 0 Å². The molecule has 1 atom stereocenters. The summed E-state index contributed by atoms with van der Waals surface area (Å²) < 4.78 is 0.896. The standard InChI is InChI=1S/C15H18BrClN2/c16-14-9-11(17)7-8-13(14)15(10-18)19-12-5-3-1-2-4-6-12/h7-9,12,15,19H,1-6H2. The molecule has 2 nitrogen and oxygen atoms in total. The quantitative estimate of drug-likeness (QED) is 0.787. The lowest BCUT2D eigenvalue weighted by atomic mass is 10.0. The van der Waals surface area contributed by atoms with Crippen LogP contribution in [0.3, 0.4) is 0 Å². The minimum Gasteiger partial charge on any atom is -0.295 e. The summed E-state index contributed by atoms with van der Waals surface area (Å²) in [6.45, 7) is 0. The van der Waals surface area contributed by atoms with E-state index in [4.69, 9.17) is 11.6 Å². The summed E-state index contributed by atoms with van der Waals surface area (Å²) in [5.74, 6) is 0. The number of nitrogens with one attached hydrogen (secondary N) is 1. The van der Waals surface area contributed by atoms with Crippen molar-refractivity contribution in [3.8, 4) is 6.07 Å². The molecule has 4 heteroatoms. The molecule has 1 N–H and O–H groups in total. The molecule has 0 heterocycles. The van der Waals surface area contributed by atoms with Crippen molar-refractivity contribution in [2.75, 3.05) is 0 Å². The van der Waals surface area contributed by atoms with Crippen LogP contribution in [0.15, 0.2) is 22.7 Å². The highest BCUT2D eigenvalue weighted by molar-refractivity contribution is 9.10. The van der Waals surface area contributed by atoms with E-state index in [9.17, 15) is 5.26 Å². The van der Waals surface area contributed by atoms with Gasteiger partial charge in [0.1, 0.15) is 6.04 Å². The Morgan fingerprint density at radius 3 is 2.53 bits per heavy atom. The highest BCUT2D eigenvalue weighted by atomic mass is 79.9. The number of halogens is 2. The van der Waals surface area contributed by atoms with Crippen LogP contribution in [0.5, 0.6) is 0 Å². The van der Waals surface area contributed by atoms with Crippen LogP contribution >= 0.6 is 27.5 Å². The van der Waals surface area contributed by atoms with Crippen molar-refractivity contribution < 1.29 is 0 Å². The fourth-order valence-electron chi connectivity index (χ4n) is 2.61. The summed E-state index contributed by atoms with van der Waals surface area (Å²) in [6, 6.07) is 8.14. The van der Waals surface area contributed by atoms with Gasteiger partial charge >= 0.3 is 0 Å². The Labute approximate surface area is 128 Å². The SMILES string of the molecule is N#CC(NC1CCCCCC1)c1ccc(Cl)cc1Br. The van der Waals surface area contributed by atoms with E-state index in [-0.39, 0.29) is 6.04 Å². The fraction of sp³-hybridized carbons (Fsp3) is 0.533. The second-order valence-corrected chi connectivity index (χ2v) is 6.37. The van der Waals surface area contributed by atoms with Crippen molar-refractivity contribution in [2.45, 2.75) is 50.6 Å². The largest absolute Gasteiger partial charge is 0.295 e. The van der Waals surface area contributed by atoms with Crippen LogP contribution in [0.4, 0.5) is 0 Å². The van der Waals surface area contributed by atoms with Gasteiger partial charge in [-0.3, -0.25) is 5.32 Å². The van der Waals surface area contributed by atoms with Gasteiger partial charge in [-0.2, -0.15) is 5.26 Å². The zero-order chi connectivity index (χ0) is 13.7. The third-order valence-electron chi connectivity index (χ3n) is 3.66. The van der Waals surface area contributed by atoms with E-state index in [0.29, 0.717) is 11.1 Å². The number of benzene rings is 1. The predicted octanol–water partition coefficient (Wildman–Crippen LogP) is 4.98. The second-order valence-electron chi connectivity index (χ2n) is 5.08. The van der Waals surface area contributed by atoms with Gasteiger partial charge in [0, 0.05) is 15.5 Å². The molecule has 19 heavy (non-hydrogen) atoms. The first-order valence-corrected chi connectivity index (χ1v) is 7.98. The Morgan fingerprint density at radius 2 is 1.95 bits per heavy atom. The van der Waals surface area contributed by atoms with Gasteiger partial charge in [0.15, 0.2) is 0 Å². The maximum Gasteiger partial charge on any atom is 0.122 e.